The lowest BCUT2D eigenvalue weighted by molar-refractivity contribution is 0.0155. The summed E-state index contributed by atoms with van der Waals surface area (Å²) in [6.45, 7) is 3.20. The van der Waals surface area contributed by atoms with Crippen molar-refractivity contribution < 1.29 is 13.9 Å². The molecule has 1 fully saturated rings. The lowest BCUT2D eigenvalue weighted by Gasteiger charge is -2.22. The van der Waals surface area contributed by atoms with E-state index in [2.05, 4.69) is 0 Å². The van der Waals surface area contributed by atoms with Gasteiger partial charge in [0, 0.05) is 19.8 Å². The topological polar surface area (TPSA) is 44.5 Å². The fourth-order valence-corrected chi connectivity index (χ4v) is 2.18. The van der Waals surface area contributed by atoms with Gasteiger partial charge in [0.2, 0.25) is 0 Å². The molecule has 100 valence electrons. The highest BCUT2D eigenvalue weighted by Crippen LogP contribution is 2.17. The first-order valence-corrected chi connectivity index (χ1v) is 6.42. The second-order valence-electron chi connectivity index (χ2n) is 4.69. The van der Waals surface area contributed by atoms with Crippen molar-refractivity contribution in [3.8, 4) is 0 Å². The number of ether oxygens (including phenoxy) is 2. The molecular formula is C14H20FNO2. The monoisotopic (exact) mass is 253 g/mol. The van der Waals surface area contributed by atoms with Gasteiger partial charge in [0.05, 0.1) is 13.2 Å². The van der Waals surface area contributed by atoms with E-state index in [-0.39, 0.29) is 5.82 Å². The fraction of sp³-hybridized carbons (Fsp3) is 0.571. The summed E-state index contributed by atoms with van der Waals surface area (Å²) in [6.07, 6.45) is 2.10. The van der Waals surface area contributed by atoms with E-state index in [0.717, 1.165) is 37.2 Å². The van der Waals surface area contributed by atoms with Crippen LogP contribution in [0.3, 0.4) is 0 Å². The van der Waals surface area contributed by atoms with Crippen molar-refractivity contribution >= 4 is 0 Å². The molecule has 2 N–H and O–H groups in total. The van der Waals surface area contributed by atoms with Crippen molar-refractivity contribution in [3.63, 3.8) is 0 Å². The summed E-state index contributed by atoms with van der Waals surface area (Å²) in [4.78, 5) is 0. The Morgan fingerprint density at radius 2 is 2.06 bits per heavy atom. The molecule has 0 saturated carbocycles. The lowest BCUT2D eigenvalue weighted by Crippen LogP contribution is -2.20. The van der Waals surface area contributed by atoms with Crippen LogP contribution in [0.1, 0.15) is 24.0 Å². The second-order valence-corrected chi connectivity index (χ2v) is 4.69. The van der Waals surface area contributed by atoms with Gasteiger partial charge in [0.1, 0.15) is 5.82 Å². The number of nitrogens with two attached hydrogens (primary N) is 1. The molecule has 18 heavy (non-hydrogen) atoms. The molecule has 1 aromatic carbocycles. The maximum Gasteiger partial charge on any atom is 0.123 e. The van der Waals surface area contributed by atoms with Crippen molar-refractivity contribution in [1.29, 1.82) is 0 Å². The molecule has 0 bridgehead atoms. The Balaban J connectivity index is 1.83. The molecule has 2 rings (SSSR count). The van der Waals surface area contributed by atoms with Gasteiger partial charge in [-0.25, -0.2) is 4.39 Å². The summed E-state index contributed by atoms with van der Waals surface area (Å²) >= 11 is 0. The lowest BCUT2D eigenvalue weighted by atomic mass is 10.0. The van der Waals surface area contributed by atoms with Crippen molar-refractivity contribution in [2.75, 3.05) is 19.8 Å². The Morgan fingerprint density at radius 3 is 2.78 bits per heavy atom. The maximum absolute atomic E-state index is 13.2. The highest BCUT2D eigenvalue weighted by atomic mass is 19.1. The number of hydrogen-bond donors (Lipinski definition) is 1. The number of benzene rings is 1. The minimum absolute atomic E-state index is 0.239. The Morgan fingerprint density at radius 1 is 1.28 bits per heavy atom. The van der Waals surface area contributed by atoms with Gasteiger partial charge >= 0.3 is 0 Å². The van der Waals surface area contributed by atoms with Gasteiger partial charge in [-0.05, 0) is 42.0 Å². The molecule has 4 heteroatoms. The van der Waals surface area contributed by atoms with E-state index in [9.17, 15) is 4.39 Å². The van der Waals surface area contributed by atoms with Gasteiger partial charge in [-0.15, -0.1) is 0 Å². The number of halogens is 1. The average Bonchev–Trinajstić information content (AvgIpc) is 2.40. The van der Waals surface area contributed by atoms with Crippen LogP contribution < -0.4 is 5.73 Å². The minimum Gasteiger partial charge on any atom is -0.381 e. The van der Waals surface area contributed by atoms with E-state index in [1.165, 1.54) is 12.1 Å². The Bertz CT molecular complexity index is 378. The van der Waals surface area contributed by atoms with Gasteiger partial charge in [0.15, 0.2) is 0 Å². The van der Waals surface area contributed by atoms with Gasteiger partial charge < -0.3 is 15.2 Å². The molecule has 0 unspecified atom stereocenters. The predicted molar refractivity (Wildman–Crippen MR) is 67.5 cm³/mol. The van der Waals surface area contributed by atoms with Crippen molar-refractivity contribution in [2.24, 2.45) is 11.7 Å². The Kier molecular flexibility index (Phi) is 5.11. The quantitative estimate of drug-likeness (QED) is 0.875. The Hall–Kier alpha value is -0.970. The molecule has 0 radical (unpaired) electrons. The smallest absolute Gasteiger partial charge is 0.123 e. The first kappa shape index (κ1) is 13.5. The van der Waals surface area contributed by atoms with Crippen molar-refractivity contribution in [2.45, 2.75) is 26.0 Å². The summed E-state index contributed by atoms with van der Waals surface area (Å²) in [7, 11) is 0. The van der Waals surface area contributed by atoms with Crippen molar-refractivity contribution in [3.05, 3.63) is 35.1 Å². The summed E-state index contributed by atoms with van der Waals surface area (Å²) < 4.78 is 24.1. The van der Waals surface area contributed by atoms with Gasteiger partial charge in [-0.1, -0.05) is 6.07 Å². The molecule has 0 spiro atoms. The number of rotatable bonds is 5. The third-order valence-electron chi connectivity index (χ3n) is 3.34. The van der Waals surface area contributed by atoms with Crippen LogP contribution in [0.5, 0.6) is 0 Å². The van der Waals surface area contributed by atoms with E-state index in [4.69, 9.17) is 15.2 Å². The van der Waals surface area contributed by atoms with E-state index in [0.29, 0.717) is 25.7 Å². The maximum atomic E-state index is 13.2. The first-order chi connectivity index (χ1) is 8.79. The fourth-order valence-electron chi connectivity index (χ4n) is 2.18. The SMILES string of the molecule is NCc1ccc(F)cc1COCC1CCOCC1. The minimum atomic E-state index is -0.239. The highest BCUT2D eigenvalue weighted by molar-refractivity contribution is 5.27. The molecule has 1 heterocycles. The molecule has 1 aliphatic heterocycles. The normalized spacial score (nSPS) is 17.0. The van der Waals surface area contributed by atoms with Crippen LogP contribution in [0, 0.1) is 11.7 Å². The van der Waals surface area contributed by atoms with Crippen LogP contribution in [-0.2, 0) is 22.6 Å². The van der Waals surface area contributed by atoms with E-state index < -0.39 is 0 Å². The van der Waals surface area contributed by atoms with Crippen molar-refractivity contribution in [1.82, 2.24) is 0 Å². The zero-order valence-electron chi connectivity index (χ0n) is 10.5. The molecule has 0 aliphatic carbocycles. The second kappa shape index (κ2) is 6.83. The van der Waals surface area contributed by atoms with Crippen LogP contribution in [-0.4, -0.2) is 19.8 Å². The molecule has 1 aromatic rings. The summed E-state index contributed by atoms with van der Waals surface area (Å²) in [5, 5.41) is 0. The van der Waals surface area contributed by atoms with Crippen LogP contribution in [0.15, 0.2) is 18.2 Å². The van der Waals surface area contributed by atoms with Crippen LogP contribution in [0.25, 0.3) is 0 Å². The van der Waals surface area contributed by atoms with E-state index in [1.54, 1.807) is 6.07 Å². The summed E-state index contributed by atoms with van der Waals surface area (Å²) in [5.41, 5.74) is 7.42. The molecule has 0 amide bonds. The van der Waals surface area contributed by atoms with E-state index >= 15 is 0 Å². The molecule has 3 nitrogen and oxygen atoms in total. The Labute approximate surface area is 107 Å². The number of hydrogen-bond acceptors (Lipinski definition) is 3. The first-order valence-electron chi connectivity index (χ1n) is 6.42. The predicted octanol–water partition coefficient (Wildman–Crippen LogP) is 2.23. The standard InChI is InChI=1S/C14H20FNO2/c15-14-2-1-12(8-16)13(7-14)10-18-9-11-3-5-17-6-4-11/h1-2,7,11H,3-6,8-10,16H2. The summed E-state index contributed by atoms with van der Waals surface area (Å²) in [5.74, 6) is 0.325. The third-order valence-corrected chi connectivity index (χ3v) is 3.34. The highest BCUT2D eigenvalue weighted by Gasteiger charge is 2.14. The zero-order valence-corrected chi connectivity index (χ0v) is 10.5. The molecule has 1 saturated heterocycles. The molecule has 0 aromatic heterocycles. The van der Waals surface area contributed by atoms with Crippen LogP contribution in [0.2, 0.25) is 0 Å². The van der Waals surface area contributed by atoms with Crippen LogP contribution in [0.4, 0.5) is 4.39 Å². The van der Waals surface area contributed by atoms with E-state index in [1.807, 2.05) is 0 Å². The molecular weight excluding hydrogens is 233 g/mol. The summed E-state index contributed by atoms with van der Waals surface area (Å²) in [6, 6.07) is 4.67. The molecule has 0 atom stereocenters. The third kappa shape index (κ3) is 3.77. The van der Waals surface area contributed by atoms with Gasteiger partial charge in [0.25, 0.3) is 0 Å². The largest absolute Gasteiger partial charge is 0.381 e. The average molecular weight is 253 g/mol. The zero-order chi connectivity index (χ0) is 12.8. The van der Waals surface area contributed by atoms with Crippen LogP contribution >= 0.6 is 0 Å². The van der Waals surface area contributed by atoms with Gasteiger partial charge in [-0.2, -0.15) is 0 Å². The molecule has 1 aliphatic rings. The van der Waals surface area contributed by atoms with Gasteiger partial charge in [-0.3, -0.25) is 0 Å².